The quantitative estimate of drug-likeness (QED) is 0.921. The normalized spacial score (nSPS) is 10.5. The van der Waals surface area contributed by atoms with Crippen LogP contribution in [0.3, 0.4) is 0 Å². The van der Waals surface area contributed by atoms with Crippen LogP contribution >= 0.6 is 38.6 Å². The van der Waals surface area contributed by atoms with E-state index in [1.807, 2.05) is 10.8 Å². The molecule has 2 heterocycles. The van der Waals surface area contributed by atoms with Crippen molar-refractivity contribution in [3.8, 4) is 10.4 Å². The summed E-state index contributed by atoms with van der Waals surface area (Å²) >= 11 is 6.32. The van der Waals surface area contributed by atoms with Crippen molar-refractivity contribution in [1.29, 1.82) is 0 Å². The van der Waals surface area contributed by atoms with Gasteiger partial charge in [0, 0.05) is 20.8 Å². The number of carboxylic acid groups (broad SMARTS) is 1. The topological polar surface area (TPSA) is 50.2 Å². The molecule has 0 fully saturated rings. The second-order valence-corrected chi connectivity index (χ2v) is 5.65. The minimum Gasteiger partial charge on any atom is -0.476 e. The highest BCUT2D eigenvalue weighted by Crippen LogP contribution is 2.37. The highest BCUT2D eigenvalue weighted by molar-refractivity contribution is 9.10. The highest BCUT2D eigenvalue weighted by atomic mass is 79.9. The number of aromatic carboxylic acids is 1. The molecule has 0 atom stereocenters. The number of aromatic nitrogens is 1. The summed E-state index contributed by atoms with van der Waals surface area (Å²) in [5.41, 5.74) is 1.04. The van der Waals surface area contributed by atoms with Crippen molar-refractivity contribution in [3.63, 3.8) is 0 Å². The molecule has 0 aliphatic rings. The maximum absolute atomic E-state index is 11.0. The summed E-state index contributed by atoms with van der Waals surface area (Å²) < 4.78 is 0.915. The Labute approximate surface area is 103 Å². The number of carbonyl (C=O) groups is 1. The molecule has 6 heteroatoms. The molecule has 0 spiro atoms. The number of hydrogen-bond donors (Lipinski definition) is 1. The average molecular weight is 304 g/mol. The van der Waals surface area contributed by atoms with E-state index in [4.69, 9.17) is 5.11 Å². The van der Waals surface area contributed by atoms with E-state index in [0.717, 1.165) is 15.0 Å². The van der Waals surface area contributed by atoms with Crippen LogP contribution in [-0.4, -0.2) is 16.1 Å². The molecule has 0 bridgehead atoms. The van der Waals surface area contributed by atoms with Crippen LogP contribution in [0.4, 0.5) is 0 Å². The predicted octanol–water partition coefficient (Wildman–Crippen LogP) is 3.64. The number of aryl methyl sites for hydroxylation is 1. The largest absolute Gasteiger partial charge is 0.476 e. The predicted molar refractivity (Wildman–Crippen MR) is 64.8 cm³/mol. The monoisotopic (exact) mass is 303 g/mol. The number of nitrogens with zero attached hydrogens (tertiary/aromatic N) is 1. The molecular weight excluding hydrogens is 298 g/mol. The lowest BCUT2D eigenvalue weighted by molar-refractivity contribution is 0.0692. The Hall–Kier alpha value is -0.720. The Kier molecular flexibility index (Phi) is 2.90. The summed E-state index contributed by atoms with van der Waals surface area (Å²) in [5.74, 6) is -0.979. The molecular formula is C9H6BrNO2S2. The van der Waals surface area contributed by atoms with Gasteiger partial charge in [0.25, 0.3) is 0 Å². The van der Waals surface area contributed by atoms with Gasteiger partial charge in [-0.05, 0) is 22.9 Å². The molecule has 0 amide bonds. The van der Waals surface area contributed by atoms with Crippen LogP contribution in [0.5, 0.6) is 0 Å². The number of hydrogen-bond acceptors (Lipinski definition) is 4. The molecule has 2 aromatic rings. The Morgan fingerprint density at radius 3 is 2.80 bits per heavy atom. The van der Waals surface area contributed by atoms with Gasteiger partial charge in [-0.2, -0.15) is 11.3 Å². The Morgan fingerprint density at radius 1 is 1.53 bits per heavy atom. The molecule has 0 aliphatic heterocycles. The average Bonchev–Trinajstić information content (AvgIpc) is 2.71. The third-order valence-electron chi connectivity index (χ3n) is 1.80. The van der Waals surface area contributed by atoms with Crippen molar-refractivity contribution in [3.05, 3.63) is 25.9 Å². The lowest BCUT2D eigenvalue weighted by Gasteiger charge is -1.95. The van der Waals surface area contributed by atoms with E-state index < -0.39 is 5.97 Å². The summed E-state index contributed by atoms with van der Waals surface area (Å²) in [4.78, 5) is 15.7. The van der Waals surface area contributed by atoms with Crippen molar-refractivity contribution in [2.45, 2.75) is 6.92 Å². The van der Waals surface area contributed by atoms with Gasteiger partial charge in [0.05, 0.1) is 9.88 Å². The Bertz CT molecular complexity index is 518. The third-order valence-corrected chi connectivity index (χ3v) is 4.50. The van der Waals surface area contributed by atoms with Crippen LogP contribution in [0.15, 0.2) is 15.2 Å². The molecule has 78 valence electrons. The molecule has 0 aromatic carbocycles. The highest BCUT2D eigenvalue weighted by Gasteiger charge is 2.19. The SMILES string of the molecule is Cc1nc(C(=O)O)c(-c2cscc2Br)s1. The van der Waals surface area contributed by atoms with E-state index in [0.29, 0.717) is 4.88 Å². The van der Waals surface area contributed by atoms with Crippen LogP contribution in [0, 0.1) is 6.92 Å². The molecule has 0 saturated carbocycles. The van der Waals surface area contributed by atoms with Crippen LogP contribution in [0.1, 0.15) is 15.5 Å². The second-order valence-electron chi connectivity index (χ2n) is 2.85. The zero-order valence-corrected chi connectivity index (χ0v) is 10.9. The van der Waals surface area contributed by atoms with Crippen molar-refractivity contribution in [2.24, 2.45) is 0 Å². The van der Waals surface area contributed by atoms with Crippen LogP contribution < -0.4 is 0 Å². The molecule has 0 aliphatic carbocycles. The van der Waals surface area contributed by atoms with Crippen LogP contribution in [-0.2, 0) is 0 Å². The van der Waals surface area contributed by atoms with Crippen molar-refractivity contribution in [1.82, 2.24) is 4.98 Å². The van der Waals surface area contributed by atoms with E-state index in [2.05, 4.69) is 20.9 Å². The molecule has 15 heavy (non-hydrogen) atoms. The fourth-order valence-corrected chi connectivity index (χ4v) is 3.83. The van der Waals surface area contributed by atoms with Gasteiger partial charge in [-0.1, -0.05) is 0 Å². The number of rotatable bonds is 2. The minimum atomic E-state index is -0.979. The summed E-state index contributed by atoms with van der Waals surface area (Å²) in [6.07, 6.45) is 0. The minimum absolute atomic E-state index is 0.136. The lowest BCUT2D eigenvalue weighted by Crippen LogP contribution is -1.98. The summed E-state index contributed by atoms with van der Waals surface area (Å²) in [6, 6.07) is 0. The van der Waals surface area contributed by atoms with Gasteiger partial charge in [-0.15, -0.1) is 11.3 Å². The van der Waals surface area contributed by atoms with E-state index in [9.17, 15) is 4.79 Å². The summed E-state index contributed by atoms with van der Waals surface area (Å²) in [7, 11) is 0. The molecule has 0 unspecified atom stereocenters. The molecule has 3 nitrogen and oxygen atoms in total. The van der Waals surface area contributed by atoms with Gasteiger partial charge in [-0.3, -0.25) is 0 Å². The molecule has 0 radical (unpaired) electrons. The molecule has 2 rings (SSSR count). The summed E-state index contributed by atoms with van der Waals surface area (Å²) in [5, 5.41) is 13.6. The first-order valence-electron chi connectivity index (χ1n) is 4.02. The van der Waals surface area contributed by atoms with E-state index >= 15 is 0 Å². The lowest BCUT2D eigenvalue weighted by atomic mass is 10.2. The molecule has 2 aromatic heterocycles. The van der Waals surface area contributed by atoms with Crippen molar-refractivity contribution in [2.75, 3.05) is 0 Å². The van der Waals surface area contributed by atoms with E-state index in [1.165, 1.54) is 22.7 Å². The van der Waals surface area contributed by atoms with E-state index in [-0.39, 0.29) is 5.69 Å². The molecule has 0 saturated heterocycles. The van der Waals surface area contributed by atoms with Crippen LogP contribution in [0.2, 0.25) is 0 Å². The van der Waals surface area contributed by atoms with Gasteiger partial charge in [-0.25, -0.2) is 9.78 Å². The summed E-state index contributed by atoms with van der Waals surface area (Å²) in [6.45, 7) is 1.81. The maximum Gasteiger partial charge on any atom is 0.356 e. The van der Waals surface area contributed by atoms with Gasteiger partial charge in [0.1, 0.15) is 0 Å². The van der Waals surface area contributed by atoms with E-state index in [1.54, 1.807) is 6.92 Å². The first-order valence-corrected chi connectivity index (χ1v) is 6.57. The maximum atomic E-state index is 11.0. The van der Waals surface area contributed by atoms with Crippen molar-refractivity contribution < 1.29 is 9.90 Å². The fraction of sp³-hybridized carbons (Fsp3) is 0.111. The van der Waals surface area contributed by atoms with Gasteiger partial charge in [0.2, 0.25) is 0 Å². The molecule has 1 N–H and O–H groups in total. The smallest absolute Gasteiger partial charge is 0.356 e. The number of thiazole rings is 1. The number of carboxylic acids is 1. The van der Waals surface area contributed by atoms with Gasteiger partial charge in [0.15, 0.2) is 5.69 Å². The fourth-order valence-electron chi connectivity index (χ4n) is 1.20. The Balaban J connectivity index is 2.62. The van der Waals surface area contributed by atoms with Gasteiger partial charge < -0.3 is 5.11 Å². The van der Waals surface area contributed by atoms with Crippen molar-refractivity contribution >= 4 is 44.6 Å². The number of halogens is 1. The zero-order chi connectivity index (χ0) is 11.0. The number of thiophene rings is 1. The van der Waals surface area contributed by atoms with Crippen LogP contribution in [0.25, 0.3) is 10.4 Å². The first-order chi connectivity index (χ1) is 7.09. The third kappa shape index (κ3) is 1.97. The standard InChI is InChI=1S/C9H6BrNO2S2/c1-4-11-7(9(12)13)8(15-4)5-2-14-3-6(5)10/h2-3H,1H3,(H,12,13). The zero-order valence-electron chi connectivity index (χ0n) is 7.65. The second kappa shape index (κ2) is 4.03. The van der Waals surface area contributed by atoms with Gasteiger partial charge >= 0.3 is 5.97 Å². The Morgan fingerprint density at radius 2 is 2.27 bits per heavy atom. The first kappa shape index (κ1) is 10.8.